The zero-order valence-electron chi connectivity index (χ0n) is 13.8. The molecule has 120 valence electrons. The zero-order chi connectivity index (χ0) is 15.6. The number of carbonyl (C=O) groups is 2. The summed E-state index contributed by atoms with van der Waals surface area (Å²) in [4.78, 5) is 27.8. The maximum Gasteiger partial charge on any atom is 0.319 e. The van der Waals surface area contributed by atoms with Crippen molar-refractivity contribution >= 4 is 11.9 Å². The molecule has 1 N–H and O–H groups in total. The number of carbonyl (C=O) groups excluding carboxylic acids is 2. The quantitative estimate of drug-likeness (QED) is 0.848. The van der Waals surface area contributed by atoms with Gasteiger partial charge in [-0.3, -0.25) is 4.79 Å². The van der Waals surface area contributed by atoms with Crippen LogP contribution in [0.4, 0.5) is 4.79 Å². The smallest absolute Gasteiger partial charge is 0.319 e. The van der Waals surface area contributed by atoms with Crippen LogP contribution in [0.15, 0.2) is 0 Å². The molecule has 0 spiro atoms. The third-order valence-corrected chi connectivity index (χ3v) is 4.76. The topological polar surface area (TPSA) is 52.7 Å². The van der Waals surface area contributed by atoms with Crippen molar-refractivity contribution in [2.24, 2.45) is 11.3 Å². The summed E-state index contributed by atoms with van der Waals surface area (Å²) >= 11 is 0. The van der Waals surface area contributed by atoms with Crippen molar-refractivity contribution in [1.29, 1.82) is 0 Å². The molecule has 1 aliphatic carbocycles. The minimum Gasteiger partial charge on any atom is -0.353 e. The van der Waals surface area contributed by atoms with E-state index in [1.54, 1.807) is 23.9 Å². The minimum absolute atomic E-state index is 0.00880. The highest BCUT2D eigenvalue weighted by Crippen LogP contribution is 2.37. The standard InChI is InChI=1S/C16H29N3O2/c1-16(2)8-7-13(10-16)17-14(20)12-6-5-9-19(11-12)15(21)18(3)4/h12-13H,5-11H2,1-4H3,(H,17,20). The predicted molar refractivity (Wildman–Crippen MR) is 82.9 cm³/mol. The second-order valence-corrected chi connectivity index (χ2v) is 7.57. The van der Waals surface area contributed by atoms with Gasteiger partial charge in [-0.15, -0.1) is 0 Å². The molecular weight excluding hydrogens is 266 g/mol. The van der Waals surface area contributed by atoms with E-state index in [0.717, 1.165) is 32.2 Å². The Hall–Kier alpha value is -1.26. The maximum absolute atomic E-state index is 12.4. The van der Waals surface area contributed by atoms with Crippen LogP contribution in [-0.4, -0.2) is 55.0 Å². The Balaban J connectivity index is 1.86. The second-order valence-electron chi connectivity index (χ2n) is 7.57. The number of urea groups is 1. The van der Waals surface area contributed by atoms with Gasteiger partial charge in [-0.05, 0) is 37.5 Å². The van der Waals surface area contributed by atoms with Crippen molar-refractivity contribution in [1.82, 2.24) is 15.1 Å². The van der Waals surface area contributed by atoms with Gasteiger partial charge in [0.15, 0.2) is 0 Å². The molecule has 2 atom stereocenters. The molecule has 5 heteroatoms. The van der Waals surface area contributed by atoms with E-state index in [1.165, 1.54) is 6.42 Å². The van der Waals surface area contributed by atoms with Crippen LogP contribution in [0.3, 0.4) is 0 Å². The van der Waals surface area contributed by atoms with Crippen LogP contribution >= 0.6 is 0 Å². The molecule has 2 unspecified atom stereocenters. The minimum atomic E-state index is -0.0497. The Morgan fingerprint density at radius 3 is 2.52 bits per heavy atom. The highest BCUT2D eigenvalue weighted by molar-refractivity contribution is 5.81. The van der Waals surface area contributed by atoms with Gasteiger partial charge < -0.3 is 15.1 Å². The molecule has 1 heterocycles. The SMILES string of the molecule is CN(C)C(=O)N1CCCC(C(=O)NC2CCC(C)(C)C2)C1. The Morgan fingerprint density at radius 2 is 1.95 bits per heavy atom. The molecule has 21 heavy (non-hydrogen) atoms. The third-order valence-electron chi connectivity index (χ3n) is 4.76. The van der Waals surface area contributed by atoms with Crippen molar-refractivity contribution < 1.29 is 9.59 Å². The van der Waals surface area contributed by atoms with Gasteiger partial charge in [0, 0.05) is 33.2 Å². The summed E-state index contributed by atoms with van der Waals surface area (Å²) in [5, 5.41) is 3.20. The average Bonchev–Trinajstić information content (AvgIpc) is 2.77. The first-order valence-electron chi connectivity index (χ1n) is 8.05. The second kappa shape index (κ2) is 6.24. The molecule has 1 saturated carbocycles. The van der Waals surface area contributed by atoms with Gasteiger partial charge in [0.25, 0.3) is 0 Å². The normalized spacial score (nSPS) is 28.3. The molecule has 0 aromatic heterocycles. The zero-order valence-corrected chi connectivity index (χ0v) is 13.8. The highest BCUT2D eigenvalue weighted by Gasteiger charge is 2.34. The van der Waals surface area contributed by atoms with Crippen LogP contribution in [0.1, 0.15) is 46.0 Å². The number of nitrogens with zero attached hydrogens (tertiary/aromatic N) is 2. The third kappa shape index (κ3) is 4.11. The van der Waals surface area contributed by atoms with Crippen LogP contribution in [0.5, 0.6) is 0 Å². The van der Waals surface area contributed by atoms with Gasteiger partial charge in [-0.25, -0.2) is 4.79 Å². The maximum atomic E-state index is 12.4. The average molecular weight is 295 g/mol. The summed E-state index contributed by atoms with van der Waals surface area (Å²) in [6.45, 7) is 5.84. The van der Waals surface area contributed by atoms with E-state index in [0.29, 0.717) is 18.0 Å². The summed E-state index contributed by atoms with van der Waals surface area (Å²) in [5.74, 6) is 0.0836. The largest absolute Gasteiger partial charge is 0.353 e. The summed E-state index contributed by atoms with van der Waals surface area (Å²) in [6, 6.07) is 0.321. The number of nitrogens with one attached hydrogen (secondary N) is 1. The lowest BCUT2D eigenvalue weighted by Crippen LogP contribution is -2.49. The van der Waals surface area contributed by atoms with Crippen LogP contribution in [0, 0.1) is 11.3 Å². The first kappa shape index (κ1) is 16.1. The lowest BCUT2D eigenvalue weighted by atomic mass is 9.91. The molecule has 1 aliphatic heterocycles. The van der Waals surface area contributed by atoms with E-state index < -0.39 is 0 Å². The molecule has 0 bridgehead atoms. The number of likely N-dealkylation sites (tertiary alicyclic amines) is 1. The van der Waals surface area contributed by atoms with Gasteiger partial charge >= 0.3 is 6.03 Å². The van der Waals surface area contributed by atoms with E-state index >= 15 is 0 Å². The lowest BCUT2D eigenvalue weighted by Gasteiger charge is -2.34. The summed E-state index contributed by atoms with van der Waals surface area (Å²) in [5.41, 5.74) is 0.345. The van der Waals surface area contributed by atoms with E-state index in [2.05, 4.69) is 19.2 Å². The Labute approximate surface area is 128 Å². The Morgan fingerprint density at radius 1 is 1.24 bits per heavy atom. The number of amides is 3. The fourth-order valence-corrected chi connectivity index (χ4v) is 3.53. The molecule has 0 aromatic rings. The summed E-state index contributed by atoms with van der Waals surface area (Å²) < 4.78 is 0. The van der Waals surface area contributed by atoms with Crippen molar-refractivity contribution in [3.05, 3.63) is 0 Å². The first-order chi connectivity index (χ1) is 9.78. The van der Waals surface area contributed by atoms with Crippen LogP contribution < -0.4 is 5.32 Å². The van der Waals surface area contributed by atoms with E-state index in [1.807, 2.05) is 0 Å². The molecule has 2 rings (SSSR count). The predicted octanol–water partition coefficient (Wildman–Crippen LogP) is 2.07. The summed E-state index contributed by atoms with van der Waals surface area (Å²) in [7, 11) is 3.51. The van der Waals surface area contributed by atoms with Crippen molar-refractivity contribution in [2.75, 3.05) is 27.2 Å². The van der Waals surface area contributed by atoms with Crippen LogP contribution in [0.25, 0.3) is 0 Å². The molecule has 0 aromatic carbocycles. The van der Waals surface area contributed by atoms with E-state index in [4.69, 9.17) is 0 Å². The van der Waals surface area contributed by atoms with Gasteiger partial charge in [0.1, 0.15) is 0 Å². The van der Waals surface area contributed by atoms with E-state index in [9.17, 15) is 9.59 Å². The lowest BCUT2D eigenvalue weighted by molar-refractivity contribution is -0.127. The van der Waals surface area contributed by atoms with E-state index in [-0.39, 0.29) is 17.9 Å². The molecule has 5 nitrogen and oxygen atoms in total. The van der Waals surface area contributed by atoms with Crippen LogP contribution in [-0.2, 0) is 4.79 Å². The van der Waals surface area contributed by atoms with Crippen molar-refractivity contribution in [3.8, 4) is 0 Å². The van der Waals surface area contributed by atoms with Crippen molar-refractivity contribution in [2.45, 2.75) is 52.0 Å². The molecule has 3 amide bonds. The number of hydrogen-bond donors (Lipinski definition) is 1. The molecular formula is C16H29N3O2. The monoisotopic (exact) mass is 295 g/mol. The van der Waals surface area contributed by atoms with Gasteiger partial charge in [-0.1, -0.05) is 13.8 Å². The number of piperidine rings is 1. The van der Waals surface area contributed by atoms with Crippen LogP contribution in [0.2, 0.25) is 0 Å². The Kier molecular flexibility index (Phi) is 4.79. The van der Waals surface area contributed by atoms with Gasteiger partial charge in [0.05, 0.1) is 5.92 Å². The highest BCUT2D eigenvalue weighted by atomic mass is 16.2. The first-order valence-corrected chi connectivity index (χ1v) is 8.05. The molecule has 2 fully saturated rings. The molecule has 2 aliphatic rings. The van der Waals surface area contributed by atoms with Gasteiger partial charge in [0.2, 0.25) is 5.91 Å². The fourth-order valence-electron chi connectivity index (χ4n) is 3.53. The fraction of sp³-hybridized carbons (Fsp3) is 0.875. The summed E-state index contributed by atoms with van der Waals surface area (Å²) in [6.07, 6.45) is 5.11. The molecule has 1 saturated heterocycles. The van der Waals surface area contributed by atoms with Gasteiger partial charge in [-0.2, -0.15) is 0 Å². The number of hydrogen-bond acceptors (Lipinski definition) is 2. The molecule has 0 radical (unpaired) electrons. The number of rotatable bonds is 2. The Bertz CT molecular complexity index is 406. The van der Waals surface area contributed by atoms with Crippen molar-refractivity contribution in [3.63, 3.8) is 0 Å².